The van der Waals surface area contributed by atoms with Crippen LogP contribution in [0.4, 0.5) is 28.8 Å². The summed E-state index contributed by atoms with van der Waals surface area (Å²) in [6, 6.07) is 21.1. The van der Waals surface area contributed by atoms with Gasteiger partial charge in [0.15, 0.2) is 0 Å². The van der Waals surface area contributed by atoms with Crippen LogP contribution in [-0.4, -0.2) is 15.9 Å². The first-order valence-electron chi connectivity index (χ1n) is 9.46. The molecule has 4 aromatic rings. The highest BCUT2D eigenvalue weighted by Crippen LogP contribution is 2.21. The lowest BCUT2D eigenvalue weighted by Gasteiger charge is -2.11. The number of hydrogen-bond donors (Lipinski definition) is 3. The van der Waals surface area contributed by atoms with Crippen LogP contribution in [0.2, 0.25) is 0 Å². The first kappa shape index (κ1) is 19.6. The molecule has 4 rings (SSSR count). The SMILES string of the molecule is Cc1ccc(Nc2nc(C)cc(Nc3ccc(NC(=O)c4cccs4)cc3)n2)cc1. The van der Waals surface area contributed by atoms with E-state index >= 15 is 0 Å². The fourth-order valence-electron chi connectivity index (χ4n) is 2.84. The molecule has 0 saturated carbocycles. The first-order chi connectivity index (χ1) is 14.5. The molecule has 1 amide bonds. The van der Waals surface area contributed by atoms with E-state index in [1.165, 1.54) is 16.9 Å². The Labute approximate surface area is 179 Å². The second-order valence-electron chi connectivity index (χ2n) is 6.84. The van der Waals surface area contributed by atoms with Gasteiger partial charge in [0.2, 0.25) is 5.95 Å². The maximum absolute atomic E-state index is 12.2. The third-order valence-corrected chi connectivity index (χ3v) is 5.19. The summed E-state index contributed by atoms with van der Waals surface area (Å²) in [5, 5.41) is 11.3. The minimum atomic E-state index is -0.107. The lowest BCUT2D eigenvalue weighted by atomic mass is 10.2. The largest absolute Gasteiger partial charge is 0.340 e. The van der Waals surface area contributed by atoms with E-state index in [1.54, 1.807) is 6.07 Å². The van der Waals surface area contributed by atoms with Crippen molar-refractivity contribution < 1.29 is 4.79 Å². The second-order valence-corrected chi connectivity index (χ2v) is 7.79. The summed E-state index contributed by atoms with van der Waals surface area (Å²) in [6.45, 7) is 3.98. The molecule has 0 atom stereocenters. The van der Waals surface area contributed by atoms with E-state index in [0.29, 0.717) is 16.6 Å². The van der Waals surface area contributed by atoms with Crippen LogP contribution in [0, 0.1) is 13.8 Å². The van der Waals surface area contributed by atoms with Crippen LogP contribution in [0.25, 0.3) is 0 Å². The number of thiophene rings is 1. The fraction of sp³-hybridized carbons (Fsp3) is 0.0870. The van der Waals surface area contributed by atoms with Crippen molar-refractivity contribution in [2.75, 3.05) is 16.0 Å². The van der Waals surface area contributed by atoms with E-state index in [2.05, 4.69) is 25.9 Å². The minimum absolute atomic E-state index is 0.107. The highest BCUT2D eigenvalue weighted by molar-refractivity contribution is 7.12. The Balaban J connectivity index is 1.44. The van der Waals surface area contributed by atoms with Crippen LogP contribution < -0.4 is 16.0 Å². The van der Waals surface area contributed by atoms with Crippen molar-refractivity contribution in [2.24, 2.45) is 0 Å². The Morgan fingerprint density at radius 1 is 0.833 bits per heavy atom. The van der Waals surface area contributed by atoms with Gasteiger partial charge in [-0.05, 0) is 61.7 Å². The van der Waals surface area contributed by atoms with E-state index in [9.17, 15) is 4.79 Å². The molecule has 0 saturated heterocycles. The highest BCUT2D eigenvalue weighted by Gasteiger charge is 2.07. The molecule has 0 aliphatic carbocycles. The van der Waals surface area contributed by atoms with Crippen molar-refractivity contribution in [3.05, 3.63) is 88.2 Å². The molecule has 2 aromatic carbocycles. The minimum Gasteiger partial charge on any atom is -0.340 e. The number of nitrogens with zero attached hydrogens (tertiary/aromatic N) is 2. The average Bonchev–Trinajstić information content (AvgIpc) is 3.26. The number of hydrogen-bond acceptors (Lipinski definition) is 6. The predicted octanol–water partition coefficient (Wildman–Crippen LogP) is 5.89. The maximum atomic E-state index is 12.2. The molecular formula is C23H21N5OS. The highest BCUT2D eigenvalue weighted by atomic mass is 32.1. The van der Waals surface area contributed by atoms with Gasteiger partial charge >= 0.3 is 0 Å². The molecule has 0 unspecified atom stereocenters. The monoisotopic (exact) mass is 415 g/mol. The molecule has 0 aliphatic rings. The Morgan fingerprint density at radius 2 is 1.50 bits per heavy atom. The topological polar surface area (TPSA) is 78.9 Å². The molecule has 0 bridgehead atoms. The third-order valence-electron chi connectivity index (χ3n) is 4.32. The molecule has 0 radical (unpaired) electrons. The van der Waals surface area contributed by atoms with Crippen molar-refractivity contribution >= 4 is 46.1 Å². The number of amides is 1. The Hall–Kier alpha value is -3.71. The first-order valence-corrected chi connectivity index (χ1v) is 10.3. The van der Waals surface area contributed by atoms with E-state index in [-0.39, 0.29) is 5.91 Å². The van der Waals surface area contributed by atoms with Crippen LogP contribution in [0.3, 0.4) is 0 Å². The summed E-state index contributed by atoms with van der Waals surface area (Å²) in [5.74, 6) is 1.11. The number of aryl methyl sites for hydroxylation is 2. The molecule has 3 N–H and O–H groups in total. The molecular weight excluding hydrogens is 394 g/mol. The zero-order valence-electron chi connectivity index (χ0n) is 16.6. The Bertz CT molecular complexity index is 1140. The van der Waals surface area contributed by atoms with Crippen molar-refractivity contribution in [3.8, 4) is 0 Å². The maximum Gasteiger partial charge on any atom is 0.265 e. The molecule has 6 nitrogen and oxygen atoms in total. The lowest BCUT2D eigenvalue weighted by Crippen LogP contribution is -2.09. The number of benzene rings is 2. The number of rotatable bonds is 6. The Kier molecular flexibility index (Phi) is 5.72. The fourth-order valence-corrected chi connectivity index (χ4v) is 3.46. The van der Waals surface area contributed by atoms with Gasteiger partial charge in [0.05, 0.1) is 4.88 Å². The van der Waals surface area contributed by atoms with Crippen LogP contribution in [0.5, 0.6) is 0 Å². The molecule has 30 heavy (non-hydrogen) atoms. The molecule has 0 fully saturated rings. The van der Waals surface area contributed by atoms with Crippen LogP contribution in [0.15, 0.2) is 72.1 Å². The summed E-state index contributed by atoms with van der Waals surface area (Å²) in [5.41, 5.74) is 4.58. The third kappa shape index (κ3) is 5.01. The summed E-state index contributed by atoms with van der Waals surface area (Å²) in [4.78, 5) is 21.8. The normalized spacial score (nSPS) is 10.5. The molecule has 2 heterocycles. The number of carbonyl (C=O) groups excluding carboxylic acids is 1. The summed E-state index contributed by atoms with van der Waals surface area (Å²) < 4.78 is 0. The molecule has 2 aromatic heterocycles. The zero-order chi connectivity index (χ0) is 20.9. The number of anilines is 5. The van der Waals surface area contributed by atoms with Gasteiger partial charge in [-0.3, -0.25) is 4.79 Å². The van der Waals surface area contributed by atoms with E-state index < -0.39 is 0 Å². The molecule has 7 heteroatoms. The average molecular weight is 416 g/mol. The van der Waals surface area contributed by atoms with Crippen molar-refractivity contribution in [1.82, 2.24) is 9.97 Å². The second kappa shape index (κ2) is 8.75. The van der Waals surface area contributed by atoms with Crippen molar-refractivity contribution in [2.45, 2.75) is 13.8 Å². The summed E-state index contributed by atoms with van der Waals surface area (Å²) >= 11 is 1.41. The predicted molar refractivity (Wildman–Crippen MR) is 123 cm³/mol. The van der Waals surface area contributed by atoms with E-state index in [1.807, 2.05) is 79.9 Å². The van der Waals surface area contributed by atoms with E-state index in [0.717, 1.165) is 22.8 Å². The van der Waals surface area contributed by atoms with Crippen LogP contribution in [0.1, 0.15) is 20.9 Å². The summed E-state index contributed by atoms with van der Waals surface area (Å²) in [7, 11) is 0. The summed E-state index contributed by atoms with van der Waals surface area (Å²) in [6.07, 6.45) is 0. The molecule has 0 aliphatic heterocycles. The van der Waals surface area contributed by atoms with Crippen LogP contribution >= 0.6 is 11.3 Å². The zero-order valence-corrected chi connectivity index (χ0v) is 17.5. The lowest BCUT2D eigenvalue weighted by molar-refractivity contribution is 0.103. The number of nitrogens with one attached hydrogen (secondary N) is 3. The number of carbonyl (C=O) groups is 1. The van der Waals surface area contributed by atoms with Crippen molar-refractivity contribution in [3.63, 3.8) is 0 Å². The van der Waals surface area contributed by atoms with Gasteiger partial charge in [-0.2, -0.15) is 4.98 Å². The van der Waals surface area contributed by atoms with Gasteiger partial charge in [-0.1, -0.05) is 23.8 Å². The van der Waals surface area contributed by atoms with Gasteiger partial charge in [-0.15, -0.1) is 11.3 Å². The Morgan fingerprint density at radius 3 is 2.20 bits per heavy atom. The smallest absolute Gasteiger partial charge is 0.265 e. The molecule has 150 valence electrons. The van der Waals surface area contributed by atoms with Crippen molar-refractivity contribution in [1.29, 1.82) is 0 Å². The van der Waals surface area contributed by atoms with Gasteiger partial charge in [0, 0.05) is 28.8 Å². The van der Waals surface area contributed by atoms with Gasteiger partial charge < -0.3 is 16.0 Å². The van der Waals surface area contributed by atoms with Gasteiger partial charge in [-0.25, -0.2) is 4.98 Å². The number of aromatic nitrogens is 2. The molecule has 0 spiro atoms. The standard InChI is InChI=1S/C23H21N5OS/c1-15-5-7-19(8-6-15)27-23-24-16(2)14-21(28-23)25-17-9-11-18(12-10-17)26-22(29)20-4-3-13-30-20/h3-14H,1-2H3,(H,26,29)(H2,24,25,27,28). The quantitative estimate of drug-likeness (QED) is 0.366. The van der Waals surface area contributed by atoms with Crippen LogP contribution in [-0.2, 0) is 0 Å². The van der Waals surface area contributed by atoms with Gasteiger partial charge in [0.25, 0.3) is 5.91 Å². The van der Waals surface area contributed by atoms with Gasteiger partial charge in [0.1, 0.15) is 5.82 Å². The van der Waals surface area contributed by atoms with E-state index in [4.69, 9.17) is 0 Å².